The van der Waals surface area contributed by atoms with E-state index in [1.807, 2.05) is 25.1 Å². The van der Waals surface area contributed by atoms with E-state index in [1.54, 1.807) is 0 Å². The zero-order valence-corrected chi connectivity index (χ0v) is 11.6. The Labute approximate surface area is 124 Å². The van der Waals surface area contributed by atoms with Crippen molar-refractivity contribution in [2.45, 2.75) is 6.92 Å². The van der Waals surface area contributed by atoms with E-state index >= 15 is 0 Å². The number of benzene rings is 2. The lowest BCUT2D eigenvalue weighted by molar-refractivity contribution is -0.387. The van der Waals surface area contributed by atoms with Gasteiger partial charge in [0.15, 0.2) is 6.29 Å². The van der Waals surface area contributed by atoms with Crippen LogP contribution in [0.3, 0.4) is 0 Å². The van der Waals surface area contributed by atoms with Crippen molar-refractivity contribution in [3.63, 3.8) is 0 Å². The topological polar surface area (TPSA) is 76.0 Å². The highest BCUT2D eigenvalue weighted by Gasteiger charge is 2.18. The van der Waals surface area contributed by atoms with Crippen LogP contribution in [0.2, 0.25) is 0 Å². The van der Waals surface area contributed by atoms with E-state index in [2.05, 4.69) is 4.98 Å². The number of hydrogen-bond acceptors (Lipinski definition) is 3. The number of carbonyl (C=O) groups excluding carboxylic acids is 1. The number of fused-ring (bicyclic) bond motifs is 1. The van der Waals surface area contributed by atoms with E-state index in [4.69, 9.17) is 0 Å². The molecule has 110 valence electrons. The van der Waals surface area contributed by atoms with Gasteiger partial charge in [0.05, 0.1) is 10.6 Å². The number of aryl methyl sites for hydroxylation is 1. The van der Waals surface area contributed by atoms with E-state index in [0.717, 1.165) is 28.6 Å². The second kappa shape index (κ2) is 5.07. The minimum absolute atomic E-state index is 0.393. The molecule has 0 aliphatic rings. The maximum absolute atomic E-state index is 13.5. The number of hydrogen-bond donors (Lipinski definition) is 1. The molecule has 1 N–H and O–H groups in total. The molecular weight excluding hydrogens is 287 g/mol. The highest BCUT2D eigenvalue weighted by Crippen LogP contribution is 2.32. The third-order valence-electron chi connectivity index (χ3n) is 3.54. The number of H-pyrrole nitrogens is 1. The summed E-state index contributed by atoms with van der Waals surface area (Å²) >= 11 is 0. The summed E-state index contributed by atoms with van der Waals surface area (Å²) in [5.41, 5.74) is 2.35. The number of aldehydes is 1. The van der Waals surface area contributed by atoms with Crippen molar-refractivity contribution in [1.29, 1.82) is 0 Å². The molecular formula is C16H11FN2O3. The quantitative estimate of drug-likeness (QED) is 0.451. The van der Waals surface area contributed by atoms with Gasteiger partial charge in [0, 0.05) is 28.1 Å². The predicted molar refractivity (Wildman–Crippen MR) is 80.5 cm³/mol. The average molecular weight is 298 g/mol. The Morgan fingerprint density at radius 3 is 2.68 bits per heavy atom. The van der Waals surface area contributed by atoms with Gasteiger partial charge in [-0.1, -0.05) is 11.6 Å². The van der Waals surface area contributed by atoms with Crippen molar-refractivity contribution in [3.05, 3.63) is 63.5 Å². The third-order valence-corrected chi connectivity index (χ3v) is 3.54. The fourth-order valence-electron chi connectivity index (χ4n) is 2.48. The molecule has 0 radical (unpaired) electrons. The van der Waals surface area contributed by atoms with Crippen LogP contribution in [0.5, 0.6) is 0 Å². The van der Waals surface area contributed by atoms with Crippen LogP contribution in [0.15, 0.2) is 36.4 Å². The van der Waals surface area contributed by atoms with Gasteiger partial charge in [-0.15, -0.1) is 0 Å². The predicted octanol–water partition coefficient (Wildman–Crippen LogP) is 4.00. The van der Waals surface area contributed by atoms with Gasteiger partial charge in [0.25, 0.3) is 0 Å². The molecule has 1 heterocycles. The fourth-order valence-corrected chi connectivity index (χ4v) is 2.48. The van der Waals surface area contributed by atoms with Gasteiger partial charge in [0.1, 0.15) is 0 Å². The zero-order valence-electron chi connectivity index (χ0n) is 11.6. The largest absolute Gasteiger partial charge is 0.354 e. The average Bonchev–Trinajstić information content (AvgIpc) is 2.85. The van der Waals surface area contributed by atoms with Gasteiger partial charge < -0.3 is 4.98 Å². The molecule has 6 heteroatoms. The molecule has 0 aliphatic heterocycles. The number of nitro groups is 1. The van der Waals surface area contributed by atoms with Gasteiger partial charge in [-0.2, -0.15) is 4.39 Å². The number of halogens is 1. The van der Waals surface area contributed by atoms with Crippen LogP contribution in [0, 0.1) is 22.9 Å². The number of aromatic amines is 1. The number of nitrogens with one attached hydrogen (secondary N) is 1. The van der Waals surface area contributed by atoms with Gasteiger partial charge in [-0.05, 0) is 31.2 Å². The molecule has 0 atom stereocenters. The van der Waals surface area contributed by atoms with Crippen LogP contribution in [0.1, 0.15) is 15.9 Å². The van der Waals surface area contributed by atoms with Crippen molar-refractivity contribution >= 4 is 22.9 Å². The SMILES string of the molecule is Cc1ccc2[nH]c(-c3ccc(F)c([N+](=O)[O-])c3)c(C=O)c2c1. The Morgan fingerprint density at radius 2 is 2.00 bits per heavy atom. The molecule has 0 amide bonds. The van der Waals surface area contributed by atoms with E-state index in [0.29, 0.717) is 23.1 Å². The second-order valence-electron chi connectivity index (χ2n) is 5.00. The van der Waals surface area contributed by atoms with Crippen molar-refractivity contribution < 1.29 is 14.1 Å². The van der Waals surface area contributed by atoms with E-state index in [9.17, 15) is 19.3 Å². The Balaban J connectivity index is 2.28. The molecule has 0 saturated heterocycles. The smallest absolute Gasteiger partial charge is 0.305 e. The van der Waals surface area contributed by atoms with Crippen molar-refractivity contribution in [2.24, 2.45) is 0 Å². The van der Waals surface area contributed by atoms with E-state index in [-0.39, 0.29) is 0 Å². The first-order valence-electron chi connectivity index (χ1n) is 6.53. The first-order valence-corrected chi connectivity index (χ1v) is 6.53. The summed E-state index contributed by atoms with van der Waals surface area (Å²) in [5.74, 6) is -0.909. The summed E-state index contributed by atoms with van der Waals surface area (Å²) in [6.45, 7) is 1.91. The Hall–Kier alpha value is -3.02. The lowest BCUT2D eigenvalue weighted by atomic mass is 10.0. The molecule has 3 rings (SSSR count). The Kier molecular flexibility index (Phi) is 3.21. The molecule has 0 spiro atoms. The minimum atomic E-state index is -0.909. The standard InChI is InChI=1S/C16H11FN2O3/c1-9-2-5-14-11(6-9)12(8-20)16(18-14)10-3-4-13(17)15(7-10)19(21)22/h2-8,18H,1H3. The molecule has 22 heavy (non-hydrogen) atoms. The lowest BCUT2D eigenvalue weighted by Gasteiger charge is -2.01. The fraction of sp³-hybridized carbons (Fsp3) is 0.0625. The lowest BCUT2D eigenvalue weighted by Crippen LogP contribution is -1.94. The first kappa shape index (κ1) is 13.9. The van der Waals surface area contributed by atoms with Crippen LogP contribution < -0.4 is 0 Å². The minimum Gasteiger partial charge on any atom is -0.354 e. The number of carbonyl (C=O) groups is 1. The highest BCUT2D eigenvalue weighted by molar-refractivity contribution is 6.04. The monoisotopic (exact) mass is 298 g/mol. The molecule has 0 bridgehead atoms. The van der Waals surface area contributed by atoms with Crippen molar-refractivity contribution in [1.82, 2.24) is 4.98 Å². The van der Waals surface area contributed by atoms with Gasteiger partial charge in [0.2, 0.25) is 5.82 Å². The number of nitrogens with zero attached hydrogens (tertiary/aromatic N) is 1. The summed E-state index contributed by atoms with van der Waals surface area (Å²) < 4.78 is 13.5. The normalized spacial score (nSPS) is 10.8. The summed E-state index contributed by atoms with van der Waals surface area (Å²) in [5, 5.41) is 11.6. The van der Waals surface area contributed by atoms with E-state index in [1.165, 1.54) is 6.07 Å². The number of aromatic nitrogens is 1. The first-order chi connectivity index (χ1) is 10.5. The third kappa shape index (κ3) is 2.14. The van der Waals surface area contributed by atoms with Crippen LogP contribution in [-0.2, 0) is 0 Å². The molecule has 5 nitrogen and oxygen atoms in total. The summed E-state index contributed by atoms with van der Waals surface area (Å²) in [7, 11) is 0. The van der Waals surface area contributed by atoms with Crippen LogP contribution in [0.4, 0.5) is 10.1 Å². The molecule has 0 fully saturated rings. The Bertz CT molecular complexity index is 915. The van der Waals surface area contributed by atoms with Crippen LogP contribution >= 0.6 is 0 Å². The highest BCUT2D eigenvalue weighted by atomic mass is 19.1. The molecule has 3 aromatic rings. The Morgan fingerprint density at radius 1 is 1.23 bits per heavy atom. The van der Waals surface area contributed by atoms with Gasteiger partial charge in [-0.25, -0.2) is 0 Å². The van der Waals surface area contributed by atoms with Crippen molar-refractivity contribution in [3.8, 4) is 11.3 Å². The van der Waals surface area contributed by atoms with Gasteiger partial charge >= 0.3 is 5.69 Å². The second-order valence-corrected chi connectivity index (χ2v) is 5.00. The maximum Gasteiger partial charge on any atom is 0.305 e. The molecule has 2 aromatic carbocycles. The molecule has 0 aliphatic carbocycles. The number of rotatable bonds is 3. The summed E-state index contributed by atoms with van der Waals surface area (Å²) in [6, 6.07) is 9.14. The van der Waals surface area contributed by atoms with E-state index < -0.39 is 16.4 Å². The number of nitro benzene ring substituents is 1. The summed E-state index contributed by atoms with van der Waals surface area (Å²) in [4.78, 5) is 24.6. The molecule has 0 saturated carbocycles. The zero-order chi connectivity index (χ0) is 15.9. The molecule has 0 unspecified atom stereocenters. The van der Waals surface area contributed by atoms with Gasteiger partial charge in [-0.3, -0.25) is 14.9 Å². The summed E-state index contributed by atoms with van der Waals surface area (Å²) in [6.07, 6.45) is 0.697. The van der Waals surface area contributed by atoms with Crippen LogP contribution in [-0.4, -0.2) is 16.2 Å². The van der Waals surface area contributed by atoms with Crippen molar-refractivity contribution in [2.75, 3.05) is 0 Å². The van der Waals surface area contributed by atoms with Crippen LogP contribution in [0.25, 0.3) is 22.2 Å². The molecule has 1 aromatic heterocycles. The maximum atomic E-state index is 13.5.